The summed E-state index contributed by atoms with van der Waals surface area (Å²) >= 11 is 6.48. The fourth-order valence-electron chi connectivity index (χ4n) is 5.51. The number of hydrogen-bond acceptors (Lipinski definition) is 6. The van der Waals surface area contributed by atoms with E-state index in [1.165, 1.54) is 49.5 Å². The highest BCUT2D eigenvalue weighted by atomic mass is 35.5. The molecule has 0 spiro atoms. The summed E-state index contributed by atoms with van der Waals surface area (Å²) in [6, 6.07) is 15.0. The average molecular weight is 660 g/mol. The Hall–Kier alpha value is -3.83. The van der Waals surface area contributed by atoms with E-state index in [1.807, 2.05) is 0 Å². The molecule has 3 aromatic carbocycles. The Bertz CT molecular complexity index is 1580. The Morgan fingerprint density at radius 3 is 2.27 bits per heavy atom. The Morgan fingerprint density at radius 2 is 1.64 bits per heavy atom. The molecule has 1 N–H and O–H groups in total. The third-order valence-electron chi connectivity index (χ3n) is 7.97. The second kappa shape index (κ2) is 15.4. The summed E-state index contributed by atoms with van der Waals surface area (Å²) in [5.41, 5.74) is 0.671. The number of ether oxygens (including phenoxy) is 2. The molecule has 0 bridgehead atoms. The lowest BCUT2D eigenvalue weighted by Gasteiger charge is -2.34. The Kier molecular flexibility index (Phi) is 11.7. The minimum absolute atomic E-state index is 0.0127. The van der Waals surface area contributed by atoms with Crippen molar-refractivity contribution in [1.82, 2.24) is 10.2 Å². The van der Waals surface area contributed by atoms with Crippen LogP contribution in [0.15, 0.2) is 71.6 Å². The van der Waals surface area contributed by atoms with Crippen molar-refractivity contribution in [2.45, 2.75) is 69.0 Å². The van der Waals surface area contributed by atoms with E-state index in [4.69, 9.17) is 21.1 Å². The lowest BCUT2D eigenvalue weighted by Crippen LogP contribution is -2.54. The van der Waals surface area contributed by atoms with Crippen LogP contribution in [0.1, 0.15) is 51.0 Å². The quantitative estimate of drug-likeness (QED) is 0.243. The molecule has 0 radical (unpaired) electrons. The highest BCUT2D eigenvalue weighted by Gasteiger charge is 2.35. The van der Waals surface area contributed by atoms with Gasteiger partial charge in [-0.25, -0.2) is 12.8 Å². The van der Waals surface area contributed by atoms with Gasteiger partial charge < -0.3 is 19.7 Å². The van der Waals surface area contributed by atoms with Crippen molar-refractivity contribution >= 4 is 39.1 Å². The van der Waals surface area contributed by atoms with Crippen molar-refractivity contribution in [2.24, 2.45) is 0 Å². The number of sulfonamides is 1. The minimum Gasteiger partial charge on any atom is -0.493 e. The first-order chi connectivity index (χ1) is 21.6. The number of nitrogens with zero attached hydrogens (tertiary/aromatic N) is 2. The summed E-state index contributed by atoms with van der Waals surface area (Å²) in [5, 5.41) is 3.52. The molecule has 12 heteroatoms. The first kappa shape index (κ1) is 34.1. The van der Waals surface area contributed by atoms with Crippen molar-refractivity contribution in [3.05, 3.63) is 83.1 Å². The second-order valence-electron chi connectivity index (χ2n) is 10.9. The van der Waals surface area contributed by atoms with Gasteiger partial charge >= 0.3 is 0 Å². The predicted molar refractivity (Wildman–Crippen MR) is 172 cm³/mol. The van der Waals surface area contributed by atoms with Crippen molar-refractivity contribution in [1.29, 1.82) is 0 Å². The van der Waals surface area contributed by atoms with E-state index in [2.05, 4.69) is 5.32 Å². The van der Waals surface area contributed by atoms with Crippen LogP contribution >= 0.6 is 11.6 Å². The molecule has 242 valence electrons. The zero-order chi connectivity index (χ0) is 32.6. The number of hydrogen-bond donors (Lipinski definition) is 1. The Morgan fingerprint density at radius 1 is 0.978 bits per heavy atom. The summed E-state index contributed by atoms with van der Waals surface area (Å²) in [5.74, 6) is -1.01. The van der Waals surface area contributed by atoms with Crippen molar-refractivity contribution in [3.8, 4) is 11.5 Å². The lowest BCUT2D eigenvalue weighted by molar-refractivity contribution is -0.140. The molecule has 1 atom stereocenters. The van der Waals surface area contributed by atoms with Gasteiger partial charge in [-0.2, -0.15) is 0 Å². The van der Waals surface area contributed by atoms with Crippen LogP contribution in [0.2, 0.25) is 5.02 Å². The van der Waals surface area contributed by atoms with Gasteiger partial charge in [-0.05, 0) is 67.3 Å². The summed E-state index contributed by atoms with van der Waals surface area (Å²) < 4.78 is 53.7. The van der Waals surface area contributed by atoms with Gasteiger partial charge in [0.2, 0.25) is 11.8 Å². The second-order valence-corrected chi connectivity index (χ2v) is 13.2. The number of benzene rings is 3. The molecule has 0 aliphatic heterocycles. The number of nitrogens with one attached hydrogen (secondary N) is 1. The molecule has 1 aliphatic carbocycles. The Balaban J connectivity index is 1.74. The molecule has 0 unspecified atom stereocenters. The highest BCUT2D eigenvalue weighted by Crippen LogP contribution is 2.33. The van der Waals surface area contributed by atoms with Gasteiger partial charge in [-0.1, -0.05) is 56.0 Å². The van der Waals surface area contributed by atoms with Crippen molar-refractivity contribution < 1.29 is 31.9 Å². The number of carbonyl (C=O) groups excluding carboxylic acids is 2. The molecule has 1 saturated carbocycles. The van der Waals surface area contributed by atoms with Crippen LogP contribution in [0.4, 0.5) is 10.1 Å². The maximum absolute atomic E-state index is 14.3. The number of carbonyl (C=O) groups is 2. The highest BCUT2D eigenvalue weighted by molar-refractivity contribution is 7.92. The SMILES string of the molecule is CC[C@H](C(=O)NC1CCCCC1)N(Cc1ccccc1Cl)C(=O)CN(c1ccc(F)cc1)S(=O)(=O)c1ccc(OC)c(OC)c1. The van der Waals surface area contributed by atoms with E-state index >= 15 is 0 Å². The standard InChI is InChI=1S/C33H39ClFN3O6S/c1-4-29(33(40)36-25-11-6-5-7-12-25)37(21-23-10-8-9-13-28(23)34)32(39)22-38(26-16-14-24(35)15-17-26)45(41,42)27-18-19-30(43-2)31(20-27)44-3/h8-10,13-20,25,29H,4-7,11-12,21-22H2,1-3H3,(H,36,40)/t29-/m1/s1. The minimum atomic E-state index is -4.41. The van der Waals surface area contributed by atoms with E-state index in [-0.39, 0.29) is 41.2 Å². The van der Waals surface area contributed by atoms with Crippen LogP contribution in [0.25, 0.3) is 0 Å². The number of halogens is 2. The summed E-state index contributed by atoms with van der Waals surface area (Å²) in [6.07, 6.45) is 5.17. The van der Waals surface area contributed by atoms with Gasteiger partial charge in [0.05, 0.1) is 24.8 Å². The third-order valence-corrected chi connectivity index (χ3v) is 10.1. The van der Waals surface area contributed by atoms with E-state index in [0.717, 1.165) is 48.5 Å². The van der Waals surface area contributed by atoms with E-state index < -0.39 is 34.3 Å². The van der Waals surface area contributed by atoms with Gasteiger partial charge in [-0.3, -0.25) is 13.9 Å². The largest absolute Gasteiger partial charge is 0.493 e. The van der Waals surface area contributed by atoms with E-state index in [9.17, 15) is 22.4 Å². The van der Waals surface area contributed by atoms with Crippen molar-refractivity contribution in [3.63, 3.8) is 0 Å². The van der Waals surface area contributed by atoms with Crippen LogP contribution in [0.5, 0.6) is 11.5 Å². The topological polar surface area (TPSA) is 105 Å². The van der Waals surface area contributed by atoms with E-state index in [1.54, 1.807) is 31.2 Å². The summed E-state index contributed by atoms with van der Waals surface area (Å²) in [7, 11) is -1.60. The monoisotopic (exact) mass is 659 g/mol. The number of anilines is 1. The molecule has 4 rings (SSSR count). The molecule has 45 heavy (non-hydrogen) atoms. The summed E-state index contributed by atoms with van der Waals surface area (Å²) in [6.45, 7) is 1.11. The molecule has 3 aromatic rings. The third kappa shape index (κ3) is 8.26. The fourth-order valence-corrected chi connectivity index (χ4v) is 7.14. The predicted octanol–water partition coefficient (Wildman–Crippen LogP) is 5.95. The molecule has 1 aliphatic rings. The van der Waals surface area contributed by atoms with Gasteiger partial charge in [0, 0.05) is 23.7 Å². The van der Waals surface area contributed by atoms with Gasteiger partial charge in [-0.15, -0.1) is 0 Å². The molecule has 0 heterocycles. The fraction of sp³-hybridized carbons (Fsp3) is 0.394. The first-order valence-corrected chi connectivity index (χ1v) is 16.7. The molecule has 0 saturated heterocycles. The maximum atomic E-state index is 14.3. The van der Waals surface area contributed by atoms with Crippen molar-refractivity contribution in [2.75, 3.05) is 25.1 Å². The van der Waals surface area contributed by atoms with Gasteiger partial charge in [0.15, 0.2) is 11.5 Å². The smallest absolute Gasteiger partial charge is 0.264 e. The molecular formula is C33H39ClFN3O6S. The van der Waals surface area contributed by atoms with Crippen LogP contribution in [0, 0.1) is 5.82 Å². The lowest BCUT2D eigenvalue weighted by atomic mass is 9.95. The normalized spacial score (nSPS) is 14.3. The van der Waals surface area contributed by atoms with Gasteiger partial charge in [0.1, 0.15) is 18.4 Å². The van der Waals surface area contributed by atoms with Crippen LogP contribution in [-0.2, 0) is 26.2 Å². The average Bonchev–Trinajstić information content (AvgIpc) is 3.04. The molecular weight excluding hydrogens is 621 g/mol. The van der Waals surface area contributed by atoms with E-state index in [0.29, 0.717) is 16.3 Å². The zero-order valence-electron chi connectivity index (χ0n) is 25.7. The number of rotatable bonds is 13. The number of amides is 2. The number of methoxy groups -OCH3 is 2. The summed E-state index contributed by atoms with van der Waals surface area (Å²) in [4.78, 5) is 29.2. The molecule has 2 amide bonds. The molecule has 1 fully saturated rings. The Labute approximate surface area is 269 Å². The van der Waals surface area contributed by atoms with Crippen LogP contribution < -0.4 is 19.1 Å². The zero-order valence-corrected chi connectivity index (χ0v) is 27.2. The first-order valence-electron chi connectivity index (χ1n) is 14.9. The maximum Gasteiger partial charge on any atom is 0.264 e. The molecule has 9 nitrogen and oxygen atoms in total. The van der Waals surface area contributed by atoms with Crippen LogP contribution in [-0.4, -0.2) is 58.0 Å². The molecule has 0 aromatic heterocycles. The van der Waals surface area contributed by atoms with Crippen LogP contribution in [0.3, 0.4) is 0 Å². The van der Waals surface area contributed by atoms with Gasteiger partial charge in [0.25, 0.3) is 10.0 Å².